The van der Waals surface area contributed by atoms with Crippen LogP contribution >= 0.6 is 11.6 Å². The summed E-state index contributed by atoms with van der Waals surface area (Å²) in [6.07, 6.45) is 0. The van der Waals surface area contributed by atoms with Crippen LogP contribution in [-0.2, 0) is 0 Å². The Morgan fingerprint density at radius 1 is 1.10 bits per heavy atom. The van der Waals surface area contributed by atoms with Gasteiger partial charge in [-0.3, -0.25) is 0 Å². The predicted molar refractivity (Wildman–Crippen MR) is 77.0 cm³/mol. The second-order valence-corrected chi connectivity index (χ2v) is 4.67. The summed E-state index contributed by atoms with van der Waals surface area (Å²) >= 11 is 6.19. The molecule has 0 saturated carbocycles. The molecule has 0 bridgehead atoms. The van der Waals surface area contributed by atoms with Gasteiger partial charge in [0.05, 0.1) is 20.3 Å². The van der Waals surface area contributed by atoms with Crippen LogP contribution in [0.15, 0.2) is 36.4 Å². The third-order valence-corrected chi connectivity index (χ3v) is 3.40. The van der Waals surface area contributed by atoms with Gasteiger partial charge in [-0.1, -0.05) is 23.7 Å². The number of ether oxygens (including phenoxy) is 2. The molecule has 20 heavy (non-hydrogen) atoms. The van der Waals surface area contributed by atoms with Crippen LogP contribution in [0.25, 0.3) is 0 Å². The molecule has 0 aliphatic carbocycles. The first kappa shape index (κ1) is 14.6. The standard InChI is InChI=1S/C15H15ClFNO2/c1-19-10-4-5-11(12(16)8-10)15(18)9-3-6-13(17)14(7-9)20-2/h3-8,15H,18H2,1-2H3. The first-order chi connectivity index (χ1) is 9.56. The van der Waals surface area contributed by atoms with E-state index in [0.717, 1.165) is 11.1 Å². The van der Waals surface area contributed by atoms with Gasteiger partial charge in [0, 0.05) is 5.02 Å². The molecule has 106 valence electrons. The van der Waals surface area contributed by atoms with Crippen LogP contribution in [-0.4, -0.2) is 14.2 Å². The van der Waals surface area contributed by atoms with Gasteiger partial charge >= 0.3 is 0 Å². The predicted octanol–water partition coefficient (Wildman–Crippen LogP) is 3.54. The second kappa shape index (κ2) is 6.11. The van der Waals surface area contributed by atoms with E-state index in [2.05, 4.69) is 0 Å². The Morgan fingerprint density at radius 3 is 2.45 bits per heavy atom. The lowest BCUT2D eigenvalue weighted by Crippen LogP contribution is -2.12. The second-order valence-electron chi connectivity index (χ2n) is 4.26. The molecule has 2 N–H and O–H groups in total. The molecule has 1 unspecified atom stereocenters. The molecule has 0 aromatic heterocycles. The van der Waals surface area contributed by atoms with Gasteiger partial charge in [-0.2, -0.15) is 0 Å². The fraction of sp³-hybridized carbons (Fsp3) is 0.200. The van der Waals surface area contributed by atoms with Crippen molar-refractivity contribution >= 4 is 11.6 Å². The van der Waals surface area contributed by atoms with Crippen molar-refractivity contribution in [2.24, 2.45) is 5.73 Å². The van der Waals surface area contributed by atoms with Crippen molar-refractivity contribution in [1.29, 1.82) is 0 Å². The van der Waals surface area contributed by atoms with Crippen molar-refractivity contribution in [2.45, 2.75) is 6.04 Å². The van der Waals surface area contributed by atoms with E-state index >= 15 is 0 Å². The van der Waals surface area contributed by atoms with E-state index in [1.165, 1.54) is 13.2 Å². The maximum Gasteiger partial charge on any atom is 0.165 e. The summed E-state index contributed by atoms with van der Waals surface area (Å²) in [6, 6.07) is 9.30. The summed E-state index contributed by atoms with van der Waals surface area (Å²) < 4.78 is 23.5. The number of hydrogen-bond donors (Lipinski definition) is 1. The lowest BCUT2D eigenvalue weighted by molar-refractivity contribution is 0.385. The SMILES string of the molecule is COc1ccc(C(N)c2ccc(F)c(OC)c2)c(Cl)c1. The van der Waals surface area contributed by atoms with Crippen molar-refractivity contribution in [3.63, 3.8) is 0 Å². The minimum absolute atomic E-state index is 0.155. The summed E-state index contributed by atoms with van der Waals surface area (Å²) in [7, 11) is 2.98. The van der Waals surface area contributed by atoms with Crippen molar-refractivity contribution in [1.82, 2.24) is 0 Å². The molecule has 5 heteroatoms. The van der Waals surface area contributed by atoms with E-state index in [1.54, 1.807) is 37.4 Å². The lowest BCUT2D eigenvalue weighted by atomic mass is 9.99. The Labute approximate surface area is 122 Å². The number of nitrogens with two attached hydrogens (primary N) is 1. The number of methoxy groups -OCH3 is 2. The van der Waals surface area contributed by atoms with Crippen LogP contribution < -0.4 is 15.2 Å². The van der Waals surface area contributed by atoms with E-state index in [4.69, 9.17) is 26.8 Å². The van der Waals surface area contributed by atoms with Gasteiger partial charge in [0.1, 0.15) is 5.75 Å². The highest BCUT2D eigenvalue weighted by atomic mass is 35.5. The smallest absolute Gasteiger partial charge is 0.165 e. The summed E-state index contributed by atoms with van der Waals surface area (Å²) in [5, 5.41) is 0.500. The molecule has 0 heterocycles. The van der Waals surface area contributed by atoms with Crippen molar-refractivity contribution in [2.75, 3.05) is 14.2 Å². The molecule has 0 amide bonds. The molecule has 0 radical (unpaired) electrons. The molecule has 0 aliphatic rings. The molecular formula is C15H15ClFNO2. The molecule has 0 spiro atoms. The summed E-state index contributed by atoms with van der Waals surface area (Å²) in [5.74, 6) is 0.384. The molecule has 0 saturated heterocycles. The molecule has 2 aromatic carbocycles. The Kier molecular flexibility index (Phi) is 4.47. The fourth-order valence-electron chi connectivity index (χ4n) is 1.94. The highest BCUT2D eigenvalue weighted by Gasteiger charge is 2.15. The molecular weight excluding hydrogens is 281 g/mol. The Balaban J connectivity index is 2.38. The fourth-order valence-corrected chi connectivity index (χ4v) is 2.22. The highest BCUT2D eigenvalue weighted by molar-refractivity contribution is 6.31. The van der Waals surface area contributed by atoms with E-state index in [-0.39, 0.29) is 5.75 Å². The zero-order chi connectivity index (χ0) is 14.7. The van der Waals surface area contributed by atoms with Crippen molar-refractivity contribution in [3.8, 4) is 11.5 Å². The van der Waals surface area contributed by atoms with E-state index in [9.17, 15) is 4.39 Å². The quantitative estimate of drug-likeness (QED) is 0.938. The molecule has 2 rings (SSSR count). The molecule has 0 aliphatic heterocycles. The Morgan fingerprint density at radius 2 is 1.85 bits per heavy atom. The van der Waals surface area contributed by atoms with Gasteiger partial charge in [-0.05, 0) is 35.4 Å². The monoisotopic (exact) mass is 295 g/mol. The summed E-state index contributed by atoms with van der Waals surface area (Å²) in [6.45, 7) is 0. The van der Waals surface area contributed by atoms with Crippen LogP contribution in [0, 0.1) is 5.82 Å². The average Bonchev–Trinajstić information content (AvgIpc) is 2.47. The topological polar surface area (TPSA) is 44.5 Å². The van der Waals surface area contributed by atoms with Gasteiger partial charge in [-0.25, -0.2) is 4.39 Å². The van der Waals surface area contributed by atoms with E-state index in [0.29, 0.717) is 10.8 Å². The van der Waals surface area contributed by atoms with Gasteiger partial charge in [0.15, 0.2) is 11.6 Å². The first-order valence-electron chi connectivity index (χ1n) is 5.99. The third-order valence-electron chi connectivity index (χ3n) is 3.08. The zero-order valence-electron chi connectivity index (χ0n) is 11.2. The first-order valence-corrected chi connectivity index (χ1v) is 6.37. The van der Waals surface area contributed by atoms with Crippen LogP contribution in [0.2, 0.25) is 5.02 Å². The maximum absolute atomic E-state index is 13.4. The van der Waals surface area contributed by atoms with Gasteiger partial charge in [0.2, 0.25) is 0 Å². The minimum atomic E-state index is -0.470. The third kappa shape index (κ3) is 2.86. The van der Waals surface area contributed by atoms with Crippen molar-refractivity contribution < 1.29 is 13.9 Å². The molecule has 1 atom stereocenters. The van der Waals surface area contributed by atoms with Gasteiger partial charge in [0.25, 0.3) is 0 Å². The number of halogens is 2. The largest absolute Gasteiger partial charge is 0.497 e. The Hall–Kier alpha value is -1.78. The van der Waals surface area contributed by atoms with Gasteiger partial charge in [-0.15, -0.1) is 0 Å². The molecule has 2 aromatic rings. The maximum atomic E-state index is 13.4. The molecule has 0 fully saturated rings. The van der Waals surface area contributed by atoms with Gasteiger partial charge < -0.3 is 15.2 Å². The number of hydrogen-bond acceptors (Lipinski definition) is 3. The van der Waals surface area contributed by atoms with E-state index in [1.807, 2.05) is 0 Å². The van der Waals surface area contributed by atoms with Crippen LogP contribution in [0.5, 0.6) is 11.5 Å². The minimum Gasteiger partial charge on any atom is -0.497 e. The lowest BCUT2D eigenvalue weighted by Gasteiger charge is -2.16. The van der Waals surface area contributed by atoms with Crippen LogP contribution in [0.1, 0.15) is 17.2 Å². The summed E-state index contributed by atoms with van der Waals surface area (Å²) in [5.41, 5.74) is 7.63. The van der Waals surface area contributed by atoms with E-state index < -0.39 is 11.9 Å². The Bertz CT molecular complexity index is 619. The summed E-state index contributed by atoms with van der Waals surface area (Å²) in [4.78, 5) is 0. The van der Waals surface area contributed by atoms with Crippen LogP contribution in [0.4, 0.5) is 4.39 Å². The average molecular weight is 296 g/mol. The number of rotatable bonds is 4. The van der Waals surface area contributed by atoms with Crippen LogP contribution in [0.3, 0.4) is 0 Å². The number of benzene rings is 2. The van der Waals surface area contributed by atoms with Crippen molar-refractivity contribution in [3.05, 3.63) is 58.4 Å². The molecule has 3 nitrogen and oxygen atoms in total. The normalized spacial score (nSPS) is 12.1. The highest BCUT2D eigenvalue weighted by Crippen LogP contribution is 2.31. The zero-order valence-corrected chi connectivity index (χ0v) is 11.9.